The first-order chi connectivity index (χ1) is 6.52. The van der Waals surface area contributed by atoms with Gasteiger partial charge in [0.2, 0.25) is 0 Å². The van der Waals surface area contributed by atoms with Crippen LogP contribution in [0.3, 0.4) is 0 Å². The molecule has 2 atom stereocenters. The Balaban J connectivity index is 2.64. The van der Waals surface area contributed by atoms with Gasteiger partial charge in [-0.25, -0.2) is 13.2 Å². The zero-order chi connectivity index (χ0) is 10.5. The van der Waals surface area contributed by atoms with Gasteiger partial charge in [-0.1, -0.05) is 6.92 Å². The first kappa shape index (κ1) is 9.84. The second-order valence-corrected chi connectivity index (χ2v) is 4.11. The Hall–Kier alpha value is -0.700. The van der Waals surface area contributed by atoms with Crippen LogP contribution in [0.4, 0.5) is 13.2 Å². The lowest BCUT2D eigenvalue weighted by atomic mass is 10.1. The van der Waals surface area contributed by atoms with E-state index < -0.39 is 22.8 Å². The summed E-state index contributed by atoms with van der Waals surface area (Å²) in [7, 11) is 0. The summed E-state index contributed by atoms with van der Waals surface area (Å²) in [6.45, 7) is 1.83. The van der Waals surface area contributed by atoms with Gasteiger partial charge in [-0.2, -0.15) is 0 Å². The van der Waals surface area contributed by atoms with E-state index in [1.165, 1.54) is 0 Å². The predicted molar refractivity (Wildman–Crippen MR) is 47.8 cm³/mol. The van der Waals surface area contributed by atoms with Crippen molar-refractivity contribution < 1.29 is 13.2 Å². The van der Waals surface area contributed by atoms with Crippen molar-refractivity contribution in [3.8, 4) is 0 Å². The Morgan fingerprint density at radius 2 is 1.93 bits per heavy atom. The number of benzene rings is 1. The van der Waals surface area contributed by atoms with E-state index in [0.717, 1.165) is 6.07 Å². The molecule has 0 saturated carbocycles. The van der Waals surface area contributed by atoms with Gasteiger partial charge in [0.15, 0.2) is 17.5 Å². The van der Waals surface area contributed by atoms with Crippen LogP contribution >= 0.6 is 11.6 Å². The fraction of sp³-hybridized carbons (Fsp3) is 0.400. The third kappa shape index (κ3) is 1.22. The zero-order valence-corrected chi connectivity index (χ0v) is 8.21. The van der Waals surface area contributed by atoms with E-state index in [2.05, 4.69) is 0 Å². The first-order valence-electron chi connectivity index (χ1n) is 4.32. The van der Waals surface area contributed by atoms with Gasteiger partial charge < -0.3 is 0 Å². The molecule has 1 aliphatic carbocycles. The molecule has 0 aromatic heterocycles. The maximum absolute atomic E-state index is 13.2. The normalized spacial score (nSPS) is 25.2. The van der Waals surface area contributed by atoms with Crippen molar-refractivity contribution in [2.24, 2.45) is 5.92 Å². The quantitative estimate of drug-likeness (QED) is 0.463. The number of rotatable bonds is 0. The molecule has 0 spiro atoms. The molecular weight excluding hydrogens is 213 g/mol. The molecule has 0 aliphatic heterocycles. The zero-order valence-electron chi connectivity index (χ0n) is 7.45. The average molecular weight is 221 g/mol. The molecule has 0 saturated heterocycles. The van der Waals surface area contributed by atoms with Crippen LogP contribution in [0.2, 0.25) is 0 Å². The van der Waals surface area contributed by atoms with Crippen LogP contribution in [0.15, 0.2) is 6.07 Å². The van der Waals surface area contributed by atoms with Gasteiger partial charge in [-0.3, -0.25) is 0 Å². The molecule has 14 heavy (non-hydrogen) atoms. The van der Waals surface area contributed by atoms with Crippen molar-refractivity contribution in [1.82, 2.24) is 0 Å². The smallest absolute Gasteiger partial charge is 0.194 e. The second-order valence-electron chi connectivity index (χ2n) is 3.64. The highest BCUT2D eigenvalue weighted by Crippen LogP contribution is 2.42. The standard InChI is InChI=1S/C10H8ClF3/c1-4-2-6-5(8(4)11)3-7(12)10(14)9(6)13/h3-4,8H,2H2,1H3. The largest absolute Gasteiger partial charge is 0.204 e. The molecule has 1 aromatic rings. The molecule has 0 fully saturated rings. The van der Waals surface area contributed by atoms with Crippen LogP contribution in [-0.2, 0) is 6.42 Å². The molecule has 0 radical (unpaired) electrons. The van der Waals surface area contributed by atoms with Crippen molar-refractivity contribution in [2.45, 2.75) is 18.7 Å². The monoisotopic (exact) mass is 220 g/mol. The van der Waals surface area contributed by atoms with Crippen LogP contribution < -0.4 is 0 Å². The second kappa shape index (κ2) is 3.16. The molecule has 0 nitrogen and oxygen atoms in total. The Morgan fingerprint density at radius 3 is 2.57 bits per heavy atom. The van der Waals surface area contributed by atoms with Gasteiger partial charge in [-0.05, 0) is 29.5 Å². The Morgan fingerprint density at radius 1 is 1.29 bits per heavy atom. The average Bonchev–Trinajstić information content (AvgIpc) is 2.42. The summed E-state index contributed by atoms with van der Waals surface area (Å²) in [6, 6.07) is 0.995. The van der Waals surface area contributed by atoms with Crippen molar-refractivity contribution in [2.75, 3.05) is 0 Å². The number of fused-ring (bicyclic) bond motifs is 1. The van der Waals surface area contributed by atoms with E-state index >= 15 is 0 Å². The highest BCUT2D eigenvalue weighted by atomic mass is 35.5. The molecule has 0 bridgehead atoms. The number of hydrogen-bond donors (Lipinski definition) is 0. The maximum Gasteiger partial charge on any atom is 0.194 e. The van der Waals surface area contributed by atoms with Crippen molar-refractivity contribution in [3.63, 3.8) is 0 Å². The molecule has 1 aliphatic rings. The van der Waals surface area contributed by atoms with Gasteiger partial charge in [0.05, 0.1) is 5.38 Å². The van der Waals surface area contributed by atoms with Gasteiger partial charge in [0.25, 0.3) is 0 Å². The summed E-state index contributed by atoms with van der Waals surface area (Å²) in [4.78, 5) is 0. The van der Waals surface area contributed by atoms with Crippen LogP contribution in [0.5, 0.6) is 0 Å². The summed E-state index contributed by atoms with van der Waals surface area (Å²) in [5, 5.41) is -0.422. The van der Waals surface area contributed by atoms with E-state index in [1.54, 1.807) is 0 Å². The topological polar surface area (TPSA) is 0 Å². The van der Waals surface area contributed by atoms with Gasteiger partial charge >= 0.3 is 0 Å². The van der Waals surface area contributed by atoms with E-state index in [-0.39, 0.29) is 11.5 Å². The fourth-order valence-electron chi connectivity index (χ4n) is 1.84. The minimum absolute atomic E-state index is 0.0161. The first-order valence-corrected chi connectivity index (χ1v) is 4.76. The summed E-state index contributed by atoms with van der Waals surface area (Å²) < 4.78 is 38.9. The minimum atomic E-state index is -1.40. The predicted octanol–water partition coefficient (Wildman–Crippen LogP) is 3.58. The van der Waals surface area contributed by atoms with Crippen molar-refractivity contribution in [1.29, 1.82) is 0 Å². The number of alkyl halides is 1. The molecule has 0 heterocycles. The highest BCUT2D eigenvalue weighted by molar-refractivity contribution is 6.21. The van der Waals surface area contributed by atoms with E-state index in [1.807, 2.05) is 6.92 Å². The molecule has 76 valence electrons. The number of hydrogen-bond acceptors (Lipinski definition) is 0. The highest BCUT2D eigenvalue weighted by Gasteiger charge is 2.32. The van der Waals surface area contributed by atoms with Crippen LogP contribution in [-0.4, -0.2) is 0 Å². The third-order valence-electron chi connectivity index (χ3n) is 2.62. The van der Waals surface area contributed by atoms with Crippen molar-refractivity contribution >= 4 is 11.6 Å². The summed E-state index contributed by atoms with van der Waals surface area (Å²) in [5.74, 6) is -3.64. The molecule has 0 N–H and O–H groups in total. The van der Waals surface area contributed by atoms with Gasteiger partial charge in [-0.15, -0.1) is 11.6 Å². The Kier molecular flexibility index (Phi) is 2.22. The van der Waals surface area contributed by atoms with E-state index in [0.29, 0.717) is 12.0 Å². The van der Waals surface area contributed by atoms with Gasteiger partial charge in [0, 0.05) is 0 Å². The van der Waals surface area contributed by atoms with Crippen LogP contribution in [0.1, 0.15) is 23.4 Å². The van der Waals surface area contributed by atoms with Gasteiger partial charge in [0.1, 0.15) is 0 Å². The lowest BCUT2D eigenvalue weighted by Crippen LogP contribution is -1.98. The molecule has 1 aromatic carbocycles. The molecule has 2 unspecified atom stereocenters. The van der Waals surface area contributed by atoms with Crippen LogP contribution in [0.25, 0.3) is 0 Å². The lowest BCUT2D eigenvalue weighted by molar-refractivity contribution is 0.441. The SMILES string of the molecule is CC1Cc2c(cc(F)c(F)c2F)C1Cl. The van der Waals surface area contributed by atoms with E-state index in [4.69, 9.17) is 11.6 Å². The van der Waals surface area contributed by atoms with Crippen molar-refractivity contribution in [3.05, 3.63) is 34.6 Å². The fourth-order valence-corrected chi connectivity index (χ4v) is 2.12. The Labute approximate surface area is 84.7 Å². The molecule has 2 rings (SSSR count). The molecular formula is C10H8ClF3. The molecule has 0 amide bonds. The minimum Gasteiger partial charge on any atom is -0.204 e. The molecule has 4 heteroatoms. The maximum atomic E-state index is 13.2. The third-order valence-corrected chi connectivity index (χ3v) is 3.29. The summed E-state index contributed by atoms with van der Waals surface area (Å²) in [6.07, 6.45) is 0.368. The Bertz CT molecular complexity index is 389. The summed E-state index contributed by atoms with van der Waals surface area (Å²) in [5.41, 5.74) is 0.604. The summed E-state index contributed by atoms with van der Waals surface area (Å²) >= 11 is 5.93. The lowest BCUT2D eigenvalue weighted by Gasteiger charge is -2.06. The van der Waals surface area contributed by atoms with E-state index in [9.17, 15) is 13.2 Å². The van der Waals surface area contributed by atoms with Crippen LogP contribution in [0, 0.1) is 23.4 Å². The number of halogens is 4.